The summed E-state index contributed by atoms with van der Waals surface area (Å²) in [5.74, 6) is 0.701. The van der Waals surface area contributed by atoms with Crippen molar-refractivity contribution in [3.8, 4) is 28.7 Å². The van der Waals surface area contributed by atoms with Gasteiger partial charge in [-0.05, 0) is 66.3 Å². The van der Waals surface area contributed by atoms with Crippen LogP contribution in [0.25, 0.3) is 17.1 Å². The molecule has 9 nitrogen and oxygen atoms in total. The van der Waals surface area contributed by atoms with Crippen molar-refractivity contribution in [1.29, 1.82) is 0 Å². The summed E-state index contributed by atoms with van der Waals surface area (Å²) in [6.07, 6.45) is 1.92. The molecular formula is C34H37N4O5+. The van der Waals surface area contributed by atoms with Crippen molar-refractivity contribution < 1.29 is 28.7 Å². The number of nitrogens with zero attached hydrogens (tertiary/aromatic N) is 4. The van der Waals surface area contributed by atoms with Gasteiger partial charge in [-0.15, -0.1) is 0 Å². The van der Waals surface area contributed by atoms with E-state index in [4.69, 9.17) is 14.2 Å². The third kappa shape index (κ3) is 4.77. The Labute approximate surface area is 251 Å². The first kappa shape index (κ1) is 27.6. The highest BCUT2D eigenvalue weighted by Crippen LogP contribution is 2.36. The average molecular weight is 582 g/mol. The van der Waals surface area contributed by atoms with Gasteiger partial charge in [-0.2, -0.15) is 4.57 Å². The van der Waals surface area contributed by atoms with Gasteiger partial charge in [-0.3, -0.25) is 4.90 Å². The minimum Gasteiger partial charge on any atom is -0.488 e. The molecule has 1 saturated heterocycles. The normalized spacial score (nSPS) is 18.6. The largest absolute Gasteiger partial charge is 0.488 e. The van der Waals surface area contributed by atoms with Crippen molar-refractivity contribution in [3.63, 3.8) is 0 Å². The molecule has 3 aliphatic heterocycles. The lowest BCUT2D eigenvalue weighted by molar-refractivity contribution is -0.740. The summed E-state index contributed by atoms with van der Waals surface area (Å²) in [5.41, 5.74) is 8.58. The minimum absolute atomic E-state index is 0.0402. The fraction of sp³-hybridized carbons (Fsp3) is 0.382. The number of carboxylic acids is 1. The lowest BCUT2D eigenvalue weighted by Gasteiger charge is -2.43. The smallest absolute Gasteiger partial charge is 0.345 e. The number of rotatable bonds is 7. The molecule has 0 radical (unpaired) electrons. The number of para-hydroxylation sites is 1. The number of hydrogen-bond acceptors (Lipinski definition) is 6. The van der Waals surface area contributed by atoms with Crippen LogP contribution in [0, 0.1) is 19.3 Å². The standard InChI is InChI=1S/C34H36N4O5/c1-21-7-5-8-27(29-9-6-10-30-37(29)23(3)43-32-28(33(39)40)15-35-38(30)32)31(21)42-17-25-12-11-24-16-36(14-13-26(24)22(25)2)18-34(4)19-41-20-34/h5-12,15,23H,13-14,16-20H2,1-4H3/p+1. The zero-order chi connectivity index (χ0) is 29.9. The highest BCUT2D eigenvalue weighted by molar-refractivity contribution is 5.90. The van der Waals surface area contributed by atoms with Gasteiger partial charge in [-0.1, -0.05) is 41.0 Å². The summed E-state index contributed by atoms with van der Waals surface area (Å²) in [5, 5.41) is 13.9. The molecule has 1 atom stereocenters. The molecular weight excluding hydrogens is 544 g/mol. The molecule has 2 aromatic heterocycles. The fourth-order valence-corrected chi connectivity index (χ4v) is 6.77. The summed E-state index contributed by atoms with van der Waals surface area (Å²) in [6.45, 7) is 13.8. The van der Waals surface area contributed by atoms with Gasteiger partial charge >= 0.3 is 17.7 Å². The van der Waals surface area contributed by atoms with Crippen LogP contribution < -0.4 is 14.0 Å². The predicted molar refractivity (Wildman–Crippen MR) is 160 cm³/mol. The second kappa shape index (κ2) is 10.5. The van der Waals surface area contributed by atoms with Crippen LogP contribution in [-0.2, 0) is 24.3 Å². The van der Waals surface area contributed by atoms with E-state index in [0.717, 1.165) is 67.7 Å². The maximum absolute atomic E-state index is 11.7. The fourth-order valence-electron chi connectivity index (χ4n) is 6.77. The van der Waals surface area contributed by atoms with E-state index < -0.39 is 12.2 Å². The van der Waals surface area contributed by atoms with Gasteiger partial charge in [0.15, 0.2) is 5.56 Å². The van der Waals surface area contributed by atoms with E-state index >= 15 is 0 Å². The molecule has 0 saturated carbocycles. The number of aryl methyl sites for hydroxylation is 1. The number of benzene rings is 2. The molecule has 5 heterocycles. The van der Waals surface area contributed by atoms with Crippen LogP contribution in [-0.4, -0.2) is 52.1 Å². The van der Waals surface area contributed by atoms with Crippen molar-refractivity contribution in [3.05, 3.63) is 88.1 Å². The number of aromatic nitrogens is 3. The molecule has 9 heteroatoms. The Hall–Kier alpha value is -4.21. The van der Waals surface area contributed by atoms with Crippen LogP contribution in [0.2, 0.25) is 0 Å². The van der Waals surface area contributed by atoms with E-state index in [2.05, 4.69) is 55.0 Å². The molecule has 1 fully saturated rings. The van der Waals surface area contributed by atoms with Crippen molar-refractivity contribution >= 4 is 5.97 Å². The van der Waals surface area contributed by atoms with Crippen molar-refractivity contribution in [2.24, 2.45) is 5.41 Å². The maximum Gasteiger partial charge on any atom is 0.345 e. The molecule has 0 aliphatic carbocycles. The van der Waals surface area contributed by atoms with Gasteiger partial charge in [0.05, 0.1) is 25.0 Å². The van der Waals surface area contributed by atoms with Gasteiger partial charge in [0, 0.05) is 38.0 Å². The summed E-state index contributed by atoms with van der Waals surface area (Å²) >= 11 is 0. The van der Waals surface area contributed by atoms with Crippen molar-refractivity contribution in [2.45, 2.75) is 53.5 Å². The topological polar surface area (TPSA) is 89.9 Å². The number of ether oxygens (including phenoxy) is 3. The van der Waals surface area contributed by atoms with Crippen molar-refractivity contribution in [2.75, 3.05) is 26.3 Å². The van der Waals surface area contributed by atoms with E-state index in [1.165, 1.54) is 28.5 Å². The Kier molecular flexibility index (Phi) is 6.74. The SMILES string of the molecule is Cc1cccc(-c2cccc3[n+]2C(C)Oc2c(C(=O)O)cnn2-3)c1OCc1ccc2c(c1C)CCN(CC1(C)COC1)C2. The highest BCUT2D eigenvalue weighted by Gasteiger charge is 2.38. The van der Waals surface area contributed by atoms with Crippen molar-refractivity contribution in [1.82, 2.24) is 14.7 Å². The number of hydrogen-bond donors (Lipinski definition) is 1. The highest BCUT2D eigenvalue weighted by atomic mass is 16.5. The average Bonchev–Trinajstić information content (AvgIpc) is 3.41. The van der Waals surface area contributed by atoms with Gasteiger partial charge in [0.25, 0.3) is 0 Å². The first-order chi connectivity index (χ1) is 20.7. The van der Waals surface area contributed by atoms with E-state index in [9.17, 15) is 9.90 Å². The molecule has 7 rings (SSSR count). The third-order valence-electron chi connectivity index (χ3n) is 9.07. The molecule has 3 aliphatic rings. The van der Waals surface area contributed by atoms with E-state index in [1.54, 1.807) is 4.68 Å². The number of carbonyl (C=O) groups is 1. The minimum atomic E-state index is -1.07. The number of aromatic carboxylic acids is 1. The van der Waals surface area contributed by atoms with E-state index in [0.29, 0.717) is 6.61 Å². The summed E-state index contributed by atoms with van der Waals surface area (Å²) in [4.78, 5) is 14.3. The van der Waals surface area contributed by atoms with Crippen LogP contribution in [0.4, 0.5) is 0 Å². The lowest BCUT2D eigenvalue weighted by atomic mass is 9.86. The molecule has 2 aromatic carbocycles. The number of fused-ring (bicyclic) bond motifs is 4. The maximum atomic E-state index is 11.7. The van der Waals surface area contributed by atoms with Gasteiger partial charge < -0.3 is 19.3 Å². The molecule has 1 unspecified atom stereocenters. The van der Waals surface area contributed by atoms with E-state index in [1.807, 2.05) is 35.8 Å². The third-order valence-corrected chi connectivity index (χ3v) is 9.07. The monoisotopic (exact) mass is 581 g/mol. The van der Waals surface area contributed by atoms with Crippen LogP contribution in [0.15, 0.2) is 54.7 Å². The molecule has 222 valence electrons. The summed E-state index contributed by atoms with van der Waals surface area (Å²) < 4.78 is 21.8. The van der Waals surface area contributed by atoms with Crippen LogP contribution in [0.5, 0.6) is 11.6 Å². The second-order valence-corrected chi connectivity index (χ2v) is 12.4. The zero-order valence-corrected chi connectivity index (χ0v) is 25.1. The molecule has 0 amide bonds. The lowest BCUT2D eigenvalue weighted by Crippen LogP contribution is -2.50. The van der Waals surface area contributed by atoms with Crippen LogP contribution in [0.3, 0.4) is 0 Å². The van der Waals surface area contributed by atoms with Gasteiger partial charge in [0.2, 0.25) is 6.23 Å². The summed E-state index contributed by atoms with van der Waals surface area (Å²) in [6, 6.07) is 16.5. The molecule has 0 spiro atoms. The molecule has 43 heavy (non-hydrogen) atoms. The number of pyridine rings is 1. The Morgan fingerprint density at radius 1 is 1.16 bits per heavy atom. The Balaban J connectivity index is 1.17. The molecule has 4 aromatic rings. The van der Waals surface area contributed by atoms with Crippen LogP contribution in [0.1, 0.15) is 58.3 Å². The molecule has 0 bridgehead atoms. The Bertz CT molecular complexity index is 1740. The first-order valence-corrected chi connectivity index (χ1v) is 14.9. The molecule has 1 N–H and O–H groups in total. The summed E-state index contributed by atoms with van der Waals surface area (Å²) in [7, 11) is 0. The second-order valence-electron chi connectivity index (χ2n) is 12.4. The Morgan fingerprint density at radius 2 is 1.98 bits per heavy atom. The zero-order valence-electron chi connectivity index (χ0n) is 25.1. The first-order valence-electron chi connectivity index (χ1n) is 14.9. The number of carboxylic acid groups (broad SMARTS) is 1. The van der Waals surface area contributed by atoms with Crippen LogP contribution >= 0.6 is 0 Å². The predicted octanol–water partition coefficient (Wildman–Crippen LogP) is 5.03. The van der Waals surface area contributed by atoms with Gasteiger partial charge in [0.1, 0.15) is 18.1 Å². The Morgan fingerprint density at radius 3 is 2.74 bits per heavy atom. The van der Waals surface area contributed by atoms with E-state index in [-0.39, 0.29) is 16.9 Å². The quantitative estimate of drug-likeness (QED) is 0.307. The van der Waals surface area contributed by atoms with Gasteiger partial charge in [-0.25, -0.2) is 4.79 Å².